The van der Waals surface area contributed by atoms with Crippen molar-refractivity contribution in [3.8, 4) is 0 Å². The molecule has 0 radical (unpaired) electrons. The summed E-state index contributed by atoms with van der Waals surface area (Å²) in [6.45, 7) is 9.90. The summed E-state index contributed by atoms with van der Waals surface area (Å²) in [5, 5.41) is 14.8. The second kappa shape index (κ2) is 6.39. The molecule has 0 atom stereocenters. The molecule has 0 unspecified atom stereocenters. The van der Waals surface area contributed by atoms with Gasteiger partial charge < -0.3 is 21.3 Å². The minimum absolute atomic E-state index is 0.566. The van der Waals surface area contributed by atoms with Crippen molar-refractivity contribution in [1.82, 2.24) is 21.3 Å². The molecular weight excluding hydrogens is 272 g/mol. The molecule has 0 aromatic rings. The summed E-state index contributed by atoms with van der Waals surface area (Å²) in [7, 11) is 0. The zero-order valence-corrected chi connectivity index (χ0v) is 14.1. The molecule has 0 spiro atoms. The Labute approximate surface area is 135 Å². The topological polar surface area (TPSA) is 48.1 Å². The van der Waals surface area contributed by atoms with Crippen LogP contribution in [0.25, 0.3) is 0 Å². The minimum Gasteiger partial charge on any atom is -0.316 e. The predicted molar refractivity (Wildman–Crippen MR) is 91.0 cm³/mol. The average molecular weight is 306 g/mol. The molecule has 4 rings (SSSR count). The molecule has 0 saturated carbocycles. The lowest BCUT2D eigenvalue weighted by Crippen LogP contribution is -2.56. The SMILES string of the molecule is C(CCC12CNCC(CNC1)C2)CC12CNCC(CNC1)C2. The molecule has 4 N–H and O–H groups in total. The Morgan fingerprint density at radius 2 is 0.955 bits per heavy atom. The fraction of sp³-hybridized carbons (Fsp3) is 1.00. The first-order chi connectivity index (χ1) is 10.8. The lowest BCUT2D eigenvalue weighted by Gasteiger charge is -2.47. The predicted octanol–water partition coefficient (Wildman–Crippen LogP) is 0.945. The summed E-state index contributed by atoms with van der Waals surface area (Å²) in [4.78, 5) is 0. The van der Waals surface area contributed by atoms with Crippen LogP contribution in [-0.2, 0) is 0 Å². The van der Waals surface area contributed by atoms with Crippen molar-refractivity contribution in [3.05, 3.63) is 0 Å². The van der Waals surface area contributed by atoms with Crippen LogP contribution in [0.5, 0.6) is 0 Å². The number of hydrogen-bond acceptors (Lipinski definition) is 4. The second-order valence-corrected chi connectivity index (χ2v) is 8.87. The summed E-state index contributed by atoms with van der Waals surface area (Å²) in [5.74, 6) is 1.76. The molecule has 4 aliphatic rings. The van der Waals surface area contributed by atoms with Crippen LogP contribution in [0.1, 0.15) is 38.5 Å². The first kappa shape index (κ1) is 15.4. The molecule has 22 heavy (non-hydrogen) atoms. The zero-order valence-electron chi connectivity index (χ0n) is 14.1. The van der Waals surface area contributed by atoms with E-state index in [4.69, 9.17) is 0 Å². The van der Waals surface area contributed by atoms with Crippen molar-refractivity contribution in [2.75, 3.05) is 52.4 Å². The first-order valence-electron chi connectivity index (χ1n) is 9.61. The third-order valence-electron chi connectivity index (χ3n) is 6.84. The molecule has 4 saturated heterocycles. The van der Waals surface area contributed by atoms with Gasteiger partial charge in [0.05, 0.1) is 0 Å². The summed E-state index contributed by atoms with van der Waals surface area (Å²) in [6, 6.07) is 0. The Morgan fingerprint density at radius 3 is 1.32 bits per heavy atom. The number of hydrogen-bond donors (Lipinski definition) is 4. The number of piperidine rings is 4. The quantitative estimate of drug-likeness (QED) is 0.571. The summed E-state index contributed by atoms with van der Waals surface area (Å²) in [5.41, 5.74) is 1.13. The first-order valence-corrected chi connectivity index (χ1v) is 9.61. The molecule has 4 heterocycles. The Kier molecular flexibility index (Phi) is 4.46. The van der Waals surface area contributed by atoms with Crippen LogP contribution in [0.15, 0.2) is 0 Å². The Morgan fingerprint density at radius 1 is 0.591 bits per heavy atom. The van der Waals surface area contributed by atoms with Crippen molar-refractivity contribution in [2.24, 2.45) is 22.7 Å². The number of unbranched alkanes of at least 4 members (excludes halogenated alkanes) is 1. The monoisotopic (exact) mass is 306 g/mol. The standard InChI is InChI=1S/C18H34N4/c1(3-17-5-15(7-19-11-17)8-20-12-17)2-4-18-6-16(9-21-13-18)10-22-14-18/h15-16,19-22H,1-14H2. The Balaban J connectivity index is 1.25. The van der Waals surface area contributed by atoms with E-state index in [2.05, 4.69) is 21.3 Å². The number of rotatable bonds is 5. The fourth-order valence-electron chi connectivity index (χ4n) is 5.79. The van der Waals surface area contributed by atoms with Crippen molar-refractivity contribution in [3.63, 3.8) is 0 Å². The van der Waals surface area contributed by atoms with Crippen LogP contribution in [-0.4, -0.2) is 52.4 Å². The van der Waals surface area contributed by atoms with E-state index >= 15 is 0 Å². The number of fused-ring (bicyclic) bond motifs is 4. The van der Waals surface area contributed by atoms with Gasteiger partial charge in [-0.05, 0) is 74.5 Å². The molecule has 4 fully saturated rings. The van der Waals surface area contributed by atoms with E-state index in [0.29, 0.717) is 10.8 Å². The van der Waals surface area contributed by atoms with Gasteiger partial charge >= 0.3 is 0 Å². The average Bonchev–Trinajstić information content (AvgIpc) is 2.52. The lowest BCUT2D eigenvalue weighted by molar-refractivity contribution is 0.0843. The largest absolute Gasteiger partial charge is 0.316 e. The van der Waals surface area contributed by atoms with E-state index in [9.17, 15) is 0 Å². The lowest BCUT2D eigenvalue weighted by atomic mass is 9.68. The van der Waals surface area contributed by atoms with Gasteiger partial charge in [0.1, 0.15) is 0 Å². The summed E-state index contributed by atoms with van der Waals surface area (Å²) >= 11 is 0. The molecule has 0 aromatic heterocycles. The van der Waals surface area contributed by atoms with Crippen LogP contribution < -0.4 is 21.3 Å². The highest BCUT2D eigenvalue weighted by Gasteiger charge is 2.40. The van der Waals surface area contributed by atoms with E-state index in [1.807, 2.05) is 0 Å². The van der Waals surface area contributed by atoms with Crippen molar-refractivity contribution in [2.45, 2.75) is 38.5 Å². The highest BCUT2D eigenvalue weighted by atomic mass is 15.0. The zero-order chi connectivity index (χ0) is 14.9. The van der Waals surface area contributed by atoms with Gasteiger partial charge in [-0.15, -0.1) is 0 Å². The maximum absolute atomic E-state index is 3.69. The van der Waals surface area contributed by atoms with Crippen molar-refractivity contribution >= 4 is 0 Å². The van der Waals surface area contributed by atoms with Gasteiger partial charge in [0.25, 0.3) is 0 Å². The number of nitrogens with one attached hydrogen (secondary N) is 4. The third kappa shape index (κ3) is 3.21. The molecular formula is C18H34N4. The van der Waals surface area contributed by atoms with Crippen LogP contribution >= 0.6 is 0 Å². The molecule has 0 amide bonds. The highest BCUT2D eigenvalue weighted by molar-refractivity contribution is 4.97. The van der Waals surface area contributed by atoms with Crippen LogP contribution in [0.4, 0.5) is 0 Å². The van der Waals surface area contributed by atoms with Gasteiger partial charge in [0, 0.05) is 26.2 Å². The van der Waals surface area contributed by atoms with Crippen molar-refractivity contribution < 1.29 is 0 Å². The van der Waals surface area contributed by atoms with Crippen LogP contribution in [0.2, 0.25) is 0 Å². The van der Waals surface area contributed by atoms with Gasteiger partial charge in [-0.1, -0.05) is 12.8 Å². The normalized spacial score (nSPS) is 44.7. The van der Waals surface area contributed by atoms with Crippen LogP contribution in [0.3, 0.4) is 0 Å². The van der Waals surface area contributed by atoms with Crippen molar-refractivity contribution in [1.29, 1.82) is 0 Å². The Bertz CT molecular complexity index is 327. The van der Waals surface area contributed by atoms with Crippen LogP contribution in [0, 0.1) is 22.7 Å². The van der Waals surface area contributed by atoms with Gasteiger partial charge in [-0.3, -0.25) is 0 Å². The summed E-state index contributed by atoms with van der Waals surface area (Å²) in [6.07, 6.45) is 8.60. The molecule has 4 nitrogen and oxygen atoms in total. The minimum atomic E-state index is 0.566. The van der Waals surface area contributed by atoms with E-state index in [0.717, 1.165) is 11.8 Å². The summed E-state index contributed by atoms with van der Waals surface area (Å²) < 4.78 is 0. The van der Waals surface area contributed by atoms with Gasteiger partial charge in [-0.2, -0.15) is 0 Å². The van der Waals surface area contributed by atoms with E-state index in [1.54, 1.807) is 0 Å². The van der Waals surface area contributed by atoms with E-state index in [-0.39, 0.29) is 0 Å². The molecule has 4 bridgehead atoms. The molecule has 0 aromatic carbocycles. The molecule has 126 valence electrons. The molecule has 0 aliphatic carbocycles. The maximum atomic E-state index is 3.69. The molecule has 4 heteroatoms. The van der Waals surface area contributed by atoms with Gasteiger partial charge in [0.2, 0.25) is 0 Å². The Hall–Kier alpha value is -0.160. The smallest absolute Gasteiger partial charge is 0.00202 e. The van der Waals surface area contributed by atoms with E-state index < -0.39 is 0 Å². The highest BCUT2D eigenvalue weighted by Crippen LogP contribution is 2.39. The third-order valence-corrected chi connectivity index (χ3v) is 6.84. The second-order valence-electron chi connectivity index (χ2n) is 8.87. The van der Waals surface area contributed by atoms with E-state index in [1.165, 1.54) is 90.9 Å². The maximum Gasteiger partial charge on any atom is 0.00202 e. The van der Waals surface area contributed by atoms with Gasteiger partial charge in [-0.25, -0.2) is 0 Å². The van der Waals surface area contributed by atoms with Gasteiger partial charge in [0.15, 0.2) is 0 Å². The molecule has 4 aliphatic heterocycles. The fourth-order valence-corrected chi connectivity index (χ4v) is 5.79.